The molecule has 0 spiro atoms. The van der Waals surface area contributed by atoms with Gasteiger partial charge in [0.2, 0.25) is 5.91 Å². The summed E-state index contributed by atoms with van der Waals surface area (Å²) in [5.41, 5.74) is 6.09. The molecule has 11 aliphatic carbocycles. The molecule has 1 aromatic carbocycles. The number of rotatable bonds is 20. The minimum absolute atomic E-state index is 0.00134. The van der Waals surface area contributed by atoms with Crippen LogP contribution in [0.3, 0.4) is 0 Å². The van der Waals surface area contributed by atoms with Gasteiger partial charge in [-0.2, -0.15) is 5.10 Å². The molecule has 3 N–H and O–H groups in total. The number of hydrogen-bond acceptors (Lipinski definition) is 18. The number of fused-ring (bicyclic) bond motifs is 12. The number of benzene rings is 1. The number of pyridine rings is 1. The molecule has 4 unspecified atom stereocenters. The maximum atomic E-state index is 13.8. The van der Waals surface area contributed by atoms with Crippen molar-refractivity contribution in [1.29, 1.82) is 0 Å². The SMILES string of the molecule is C=C1CCC2[C@]3(C)CO[C@@H](C4CCCC4)O[C@@H]3CC[C@@]2(C)[C@@H]1CCN1CCOC[C@@H]1C(=O)O.C=C1CCC2[C@]3(C)CO[C@@H](C4CCCC4)O[C@@H]3CC[C@@]2(C)[C@@H]1CCn1cc(C(=O)O)cn1.C=C1CCC2[C@]3(C)CO[C@@H](C4CCCC4)O[C@@H]3CC[C@@]2(C)[C@@H]1CCn1cc(OC=O)ccc1=O.C=C1CCC2[C@]3(C)CO[C@@H](c4ccc(F)c(F)c4)O[C@@H]3CC[C@@]2(C)[C@@H]1CCN1C(=O)CNC1=O. The Labute approximate surface area is 786 Å². The van der Waals surface area contributed by atoms with E-state index >= 15 is 0 Å². The molecule has 2 aromatic heterocycles. The average Bonchev–Trinajstić information content (AvgIpc) is 1.72. The first-order valence-corrected chi connectivity index (χ1v) is 51.1. The van der Waals surface area contributed by atoms with E-state index in [1.807, 2.05) is 0 Å². The summed E-state index contributed by atoms with van der Waals surface area (Å²) < 4.78 is 92.9. The summed E-state index contributed by atoms with van der Waals surface area (Å²) >= 11 is 0. The molecule has 17 fully saturated rings. The van der Waals surface area contributed by atoms with Crippen molar-refractivity contribution in [3.05, 3.63) is 131 Å². The van der Waals surface area contributed by atoms with E-state index in [1.165, 1.54) is 129 Å². The molecular weight excluding hydrogens is 1700 g/mol. The number of aromatic carboxylic acids is 1. The number of aliphatic carboxylic acids is 1. The molecule has 0 radical (unpaired) electrons. The van der Waals surface area contributed by atoms with Gasteiger partial charge < -0.3 is 67.5 Å². The van der Waals surface area contributed by atoms with Crippen molar-refractivity contribution in [2.75, 3.05) is 65.8 Å². The number of imide groups is 1. The van der Waals surface area contributed by atoms with E-state index in [4.69, 9.17) is 47.4 Å². The van der Waals surface area contributed by atoms with Crippen molar-refractivity contribution in [2.45, 2.75) is 330 Å². The topological polar surface area (TPSA) is 276 Å². The molecule has 3 amide bonds. The highest BCUT2D eigenvalue weighted by atomic mass is 19.2. The summed E-state index contributed by atoms with van der Waals surface area (Å²) in [5.74, 6) is 1.68. The predicted molar refractivity (Wildman–Crippen MR) is 497 cm³/mol. The fourth-order valence-corrected chi connectivity index (χ4v) is 31.1. The van der Waals surface area contributed by atoms with E-state index in [0.29, 0.717) is 116 Å². The van der Waals surface area contributed by atoms with Gasteiger partial charge in [-0.25, -0.2) is 18.4 Å². The zero-order valence-electron chi connectivity index (χ0n) is 80.6. The molecule has 3 aromatic rings. The Morgan fingerprint density at radius 1 is 0.519 bits per heavy atom. The maximum Gasteiger partial charge on any atom is 0.338 e. The number of urea groups is 1. The number of aryl methyl sites for hydroxylation is 2. The van der Waals surface area contributed by atoms with Gasteiger partial charge in [0.15, 0.2) is 36.8 Å². The Morgan fingerprint density at radius 3 is 1.36 bits per heavy atom. The number of carbonyl (C=O) groups is 5. The largest absolute Gasteiger partial charge is 0.480 e. The Hall–Kier alpha value is -6.85. The highest BCUT2D eigenvalue weighted by molar-refractivity contribution is 6.01. The first kappa shape index (κ1) is 97.8. The molecule has 8 heterocycles. The van der Waals surface area contributed by atoms with E-state index in [2.05, 4.69) is 97.0 Å². The molecule has 732 valence electrons. The summed E-state index contributed by atoms with van der Waals surface area (Å²) in [6.45, 7) is 44.4. The van der Waals surface area contributed by atoms with Crippen molar-refractivity contribution in [3.63, 3.8) is 0 Å². The standard InChI is InChI=1S/C28H39NO5.C27H43NO5.C26H32F2N2O4.C26H38N2O4/c1-19-8-10-23-27(2,22(19)13-15-29-16-21(33-18-30)9-11-25(29)31)14-12-24-28(23,3)17-32-26(34-24)20-6-4-5-7-20;1-18-8-9-22-26(2,20(18)11-13-28-14-15-31-16-21(28)24(29)30)12-10-23-27(22,3)17-32-25(33-23)19-6-4-5-7-19;1-15-4-7-20-25(2,17(15)9-11-30-22(31)13-29-24(30)32)10-8-21-26(20,3)14-33-23(34-21)16-5-6-18(27)19(28)12-16;1-17-8-9-21-25(2,20(17)11-13-28-15-19(14-27-28)23(29)30)12-10-22-26(21,3)16-31-24(32-22)18-6-4-5-7-18/h9,11,16,18,20,22-24,26H,1,4-8,10,12-15,17H2,2-3H3;19-23,25H,1,4-17H2,2-3H3,(H,29,30);5-6,12,17,20-21,23H,1,4,7-11,13-14H2,2-3H3,(H,29,32);14-15,18,20-22,24H,1,4-13,16H2,2-3H3,(H,29,30)/t22-,23?,24-,26-,27+,28+;20-,21-,22?,23-,25-,26+,27+;17-,20?,21-,23-,25+,26+;20-,21?,22-,24-,25+,26+/m1111/s1. The van der Waals surface area contributed by atoms with Crippen LogP contribution in [0.25, 0.3) is 0 Å². The summed E-state index contributed by atoms with van der Waals surface area (Å²) in [4.78, 5) is 73.6. The van der Waals surface area contributed by atoms with Crippen molar-refractivity contribution < 1.29 is 90.3 Å². The number of nitrogens with one attached hydrogen (secondary N) is 1. The second-order valence-electron chi connectivity index (χ2n) is 45.6. The van der Waals surface area contributed by atoms with Crippen LogP contribution in [0.1, 0.15) is 283 Å². The molecular formula is C107H152F2N6O18. The van der Waals surface area contributed by atoms with Crippen LogP contribution in [0.5, 0.6) is 5.75 Å². The fraction of sp³-hybridized carbons (Fsp3) is 0.748. The Kier molecular flexibility index (Phi) is 29.3. The number of carboxylic acid groups (broad SMARTS) is 2. The van der Waals surface area contributed by atoms with Gasteiger partial charge in [-0.3, -0.25) is 33.7 Å². The zero-order chi connectivity index (χ0) is 93.9. The average molecular weight is 1850 g/mol. The lowest BCUT2D eigenvalue weighted by molar-refractivity contribution is -0.316. The van der Waals surface area contributed by atoms with Gasteiger partial charge in [0.1, 0.15) is 11.8 Å². The van der Waals surface area contributed by atoms with Crippen LogP contribution in [0.4, 0.5) is 13.6 Å². The summed E-state index contributed by atoms with van der Waals surface area (Å²) in [7, 11) is 0. The van der Waals surface area contributed by atoms with Gasteiger partial charge in [0, 0.05) is 89.6 Å². The van der Waals surface area contributed by atoms with Crippen molar-refractivity contribution in [2.24, 2.45) is 108 Å². The van der Waals surface area contributed by atoms with E-state index in [0.717, 1.165) is 167 Å². The molecule has 17 aliphatic rings. The lowest BCUT2D eigenvalue weighted by Crippen LogP contribution is -2.62. The fourth-order valence-electron chi connectivity index (χ4n) is 31.1. The van der Waals surface area contributed by atoms with Crippen molar-refractivity contribution >= 4 is 30.3 Å². The monoisotopic (exact) mass is 1850 g/mol. The molecule has 11 saturated carbocycles. The quantitative estimate of drug-likeness (QED) is 0.0538. The number of amides is 3. The van der Waals surface area contributed by atoms with E-state index in [9.17, 15) is 47.8 Å². The number of nitrogens with zero attached hydrogens (tertiary/aromatic N) is 5. The van der Waals surface area contributed by atoms with Gasteiger partial charge in [-0.15, -0.1) is 0 Å². The number of allylic oxidation sites excluding steroid dienone is 4. The maximum absolute atomic E-state index is 13.8. The first-order valence-electron chi connectivity index (χ1n) is 51.1. The van der Waals surface area contributed by atoms with Gasteiger partial charge in [0.25, 0.3) is 12.0 Å². The van der Waals surface area contributed by atoms with Crippen LogP contribution in [0, 0.1) is 120 Å². The third-order valence-corrected chi connectivity index (χ3v) is 38.4. The molecule has 6 aliphatic heterocycles. The number of halogens is 2. The van der Waals surface area contributed by atoms with Crippen molar-refractivity contribution in [1.82, 2.24) is 29.5 Å². The summed E-state index contributed by atoms with van der Waals surface area (Å²) in [6.07, 6.45) is 40.3. The first-order chi connectivity index (χ1) is 63.6. The van der Waals surface area contributed by atoms with Crippen molar-refractivity contribution in [3.8, 4) is 5.75 Å². The van der Waals surface area contributed by atoms with Gasteiger partial charge in [-0.1, -0.05) is 149 Å². The minimum atomic E-state index is -0.926. The van der Waals surface area contributed by atoms with Gasteiger partial charge in [0.05, 0.1) is 82.4 Å². The lowest BCUT2D eigenvalue weighted by atomic mass is 9.46. The minimum Gasteiger partial charge on any atom is -0.480 e. The smallest absolute Gasteiger partial charge is 0.338 e. The Bertz CT molecular complexity index is 4790. The Balaban J connectivity index is 0.000000124. The van der Waals surface area contributed by atoms with Crippen LogP contribution in [-0.2, 0) is 70.1 Å². The second-order valence-corrected chi connectivity index (χ2v) is 45.6. The van der Waals surface area contributed by atoms with Gasteiger partial charge >= 0.3 is 18.0 Å². The van der Waals surface area contributed by atoms with Crippen LogP contribution >= 0.6 is 0 Å². The number of morpholine rings is 1. The normalized spacial score (nSPS) is 40.3. The molecule has 133 heavy (non-hydrogen) atoms. The number of hydrogen-bond donors (Lipinski definition) is 3. The molecule has 0 bridgehead atoms. The predicted octanol–water partition coefficient (Wildman–Crippen LogP) is 19.6. The zero-order valence-corrected chi connectivity index (χ0v) is 80.6. The number of ether oxygens (including phenoxy) is 10. The molecule has 20 rings (SSSR count). The van der Waals surface area contributed by atoms with Crippen LogP contribution in [0.2, 0.25) is 0 Å². The summed E-state index contributed by atoms with van der Waals surface area (Å²) in [5, 5.41) is 25.7. The summed E-state index contributed by atoms with van der Waals surface area (Å²) in [6, 6.07) is 5.91. The third kappa shape index (κ3) is 19.0. The van der Waals surface area contributed by atoms with Crippen LogP contribution in [0.15, 0.2) is 102 Å². The lowest BCUT2D eigenvalue weighted by Gasteiger charge is -2.63. The Morgan fingerprint density at radius 2 is 0.947 bits per heavy atom. The molecule has 25 atom stereocenters. The van der Waals surface area contributed by atoms with Gasteiger partial charge in [-0.05, 0) is 261 Å². The van der Waals surface area contributed by atoms with Crippen LogP contribution in [-0.4, -0.2) is 180 Å². The number of carbonyl (C=O) groups excluding carboxylic acids is 3. The van der Waals surface area contributed by atoms with E-state index in [1.54, 1.807) is 21.6 Å². The molecule has 24 nitrogen and oxygen atoms in total. The third-order valence-electron chi connectivity index (χ3n) is 38.4. The molecule has 26 heteroatoms. The van der Waals surface area contributed by atoms with Crippen LogP contribution < -0.4 is 15.6 Å². The second kappa shape index (κ2) is 39.8. The highest BCUT2D eigenvalue weighted by Crippen LogP contribution is 2.69. The van der Waals surface area contributed by atoms with E-state index < -0.39 is 35.9 Å². The number of carboxylic acids is 2. The molecule has 6 saturated heterocycles. The highest BCUT2D eigenvalue weighted by Gasteiger charge is 2.66. The van der Waals surface area contributed by atoms with E-state index in [-0.39, 0.29) is 129 Å². The number of aromatic nitrogens is 3.